The summed E-state index contributed by atoms with van der Waals surface area (Å²) >= 11 is 0. The molecule has 0 aliphatic heterocycles. The van der Waals surface area contributed by atoms with E-state index in [1.165, 1.54) is 0 Å². The van der Waals surface area contributed by atoms with Crippen LogP contribution in [0.1, 0.15) is 10.4 Å². The van der Waals surface area contributed by atoms with Gasteiger partial charge in [-0.2, -0.15) is 0 Å². The number of phenolic OH excluding ortho intramolecular Hbond substituents is 1. The van der Waals surface area contributed by atoms with Crippen LogP contribution in [-0.4, -0.2) is 25.3 Å². The number of rotatable bonds is 4. The molecular formula is C21H16O4. The van der Waals surface area contributed by atoms with Crippen LogP contribution in [0.2, 0.25) is 0 Å². The van der Waals surface area contributed by atoms with Crippen LogP contribution in [0.15, 0.2) is 54.6 Å². The topological polar surface area (TPSA) is 55.8 Å². The van der Waals surface area contributed by atoms with Crippen LogP contribution < -0.4 is 4.74 Å². The first-order chi connectivity index (χ1) is 12.3. The van der Waals surface area contributed by atoms with Crippen molar-refractivity contribution in [2.75, 3.05) is 13.9 Å². The average Bonchev–Trinajstić information content (AvgIpc) is 2.79. The van der Waals surface area contributed by atoms with E-state index in [1.807, 2.05) is 54.6 Å². The molecule has 0 saturated heterocycles. The van der Waals surface area contributed by atoms with Gasteiger partial charge >= 0.3 is 0 Å². The van der Waals surface area contributed by atoms with Gasteiger partial charge in [0.15, 0.2) is 13.1 Å². The summed E-state index contributed by atoms with van der Waals surface area (Å²) in [5, 5.41) is 13.5. The maximum atomic E-state index is 11.8. The normalized spacial score (nSPS) is 11.2. The van der Waals surface area contributed by atoms with Gasteiger partial charge in [-0.3, -0.25) is 4.79 Å². The highest BCUT2D eigenvalue weighted by Crippen LogP contribution is 2.50. The molecule has 1 N–H and O–H groups in total. The molecule has 2 aromatic rings. The van der Waals surface area contributed by atoms with Crippen LogP contribution in [0.5, 0.6) is 11.5 Å². The Bertz CT molecular complexity index is 1070. The molecule has 4 nitrogen and oxygen atoms in total. The lowest BCUT2D eigenvalue weighted by Gasteiger charge is -2.13. The molecule has 124 valence electrons. The Morgan fingerprint density at radius 3 is 2.32 bits per heavy atom. The van der Waals surface area contributed by atoms with Gasteiger partial charge in [-0.1, -0.05) is 54.6 Å². The highest BCUT2D eigenvalue weighted by Gasteiger charge is 2.25. The number of carbonyl (C=O) groups is 1. The summed E-state index contributed by atoms with van der Waals surface area (Å²) in [6.07, 6.45) is 0.791. The van der Waals surface area contributed by atoms with Crippen LogP contribution >= 0.6 is 0 Å². The third-order valence-electron chi connectivity index (χ3n) is 4.45. The van der Waals surface area contributed by atoms with Gasteiger partial charge in [0.25, 0.3) is 0 Å². The molecule has 2 aromatic carbocycles. The summed E-state index contributed by atoms with van der Waals surface area (Å²) in [7, 11) is 1.56. The monoisotopic (exact) mass is 332 g/mol. The van der Waals surface area contributed by atoms with E-state index in [0.29, 0.717) is 22.1 Å². The summed E-state index contributed by atoms with van der Waals surface area (Å²) in [6.45, 7) is 0.0753. The third kappa shape index (κ3) is 2.22. The fourth-order valence-electron chi connectivity index (χ4n) is 3.43. The van der Waals surface area contributed by atoms with E-state index in [1.54, 1.807) is 7.11 Å². The summed E-state index contributed by atoms with van der Waals surface area (Å²) < 4.78 is 11.0. The molecule has 4 heteroatoms. The number of hydrogen-bond donors (Lipinski definition) is 1. The van der Waals surface area contributed by atoms with Crippen molar-refractivity contribution < 1.29 is 19.4 Å². The number of aromatic hydroxyl groups is 1. The molecule has 4 rings (SSSR count). The van der Waals surface area contributed by atoms with Gasteiger partial charge in [-0.05, 0) is 11.1 Å². The Labute approximate surface area is 144 Å². The number of ether oxygens (including phenoxy) is 2. The van der Waals surface area contributed by atoms with E-state index in [0.717, 1.165) is 28.2 Å². The highest BCUT2D eigenvalue weighted by atomic mass is 16.7. The van der Waals surface area contributed by atoms with Gasteiger partial charge < -0.3 is 14.6 Å². The maximum Gasteiger partial charge on any atom is 0.188 e. The third-order valence-corrected chi connectivity index (χ3v) is 4.45. The lowest BCUT2D eigenvalue weighted by molar-refractivity contribution is 0.0533. The number of fused-ring (bicyclic) bond motifs is 4. The highest BCUT2D eigenvalue weighted by molar-refractivity contribution is 6.24. The Morgan fingerprint density at radius 2 is 1.60 bits per heavy atom. The Kier molecular flexibility index (Phi) is 3.75. The van der Waals surface area contributed by atoms with E-state index in [2.05, 4.69) is 0 Å². The number of hydrogen-bond acceptors (Lipinski definition) is 4. The largest absolute Gasteiger partial charge is 0.507 e. The van der Waals surface area contributed by atoms with Gasteiger partial charge in [-0.15, -0.1) is 0 Å². The van der Waals surface area contributed by atoms with Gasteiger partial charge in [0.2, 0.25) is 0 Å². The van der Waals surface area contributed by atoms with Crippen LogP contribution in [0.25, 0.3) is 32.7 Å². The first kappa shape index (κ1) is 15.4. The Morgan fingerprint density at radius 1 is 0.920 bits per heavy atom. The van der Waals surface area contributed by atoms with Crippen LogP contribution in [0.4, 0.5) is 0 Å². The number of methoxy groups -OCH3 is 1. The van der Waals surface area contributed by atoms with Crippen LogP contribution in [0.3, 0.4) is 0 Å². The molecule has 0 fully saturated rings. The van der Waals surface area contributed by atoms with E-state index >= 15 is 0 Å². The SMILES string of the molecule is COCOc1c2ccccc2c(O)c2c(C=O)c3cccccc-3c12. The molecule has 0 radical (unpaired) electrons. The van der Waals surface area contributed by atoms with Crippen molar-refractivity contribution in [2.45, 2.75) is 0 Å². The standard InChI is InChI=1S/C21H16O4/c1-24-12-25-21-16-10-6-5-9-15(16)20(23)18-17(11-22)13-7-3-2-4-8-14(13)19(18)21/h2-11,23H,12H2,1H3. The summed E-state index contributed by atoms with van der Waals surface area (Å²) in [4.78, 5) is 11.8. The van der Waals surface area contributed by atoms with Gasteiger partial charge in [0, 0.05) is 34.2 Å². The van der Waals surface area contributed by atoms with Crippen LogP contribution in [-0.2, 0) is 4.74 Å². The zero-order chi connectivity index (χ0) is 17.4. The molecule has 0 spiro atoms. The molecule has 0 aromatic heterocycles. The molecule has 2 aliphatic carbocycles. The molecule has 0 bridgehead atoms. The van der Waals surface area contributed by atoms with Crippen molar-refractivity contribution in [1.29, 1.82) is 0 Å². The lowest BCUT2D eigenvalue weighted by atomic mass is 10.0. The summed E-state index contributed by atoms with van der Waals surface area (Å²) in [6, 6.07) is 16.9. The first-order valence-electron chi connectivity index (χ1n) is 7.93. The number of phenols is 1. The number of carbonyl (C=O) groups excluding carboxylic acids is 1. The molecule has 0 unspecified atom stereocenters. The fourth-order valence-corrected chi connectivity index (χ4v) is 3.43. The van der Waals surface area contributed by atoms with Crippen LogP contribution in [0, 0.1) is 0 Å². The summed E-state index contributed by atoms with van der Waals surface area (Å²) in [5.74, 6) is 0.700. The van der Waals surface area contributed by atoms with Gasteiger partial charge in [0.05, 0.1) is 0 Å². The minimum atomic E-state index is 0.0753. The molecular weight excluding hydrogens is 316 g/mol. The molecule has 0 saturated carbocycles. The zero-order valence-electron chi connectivity index (χ0n) is 13.7. The predicted molar refractivity (Wildman–Crippen MR) is 97.6 cm³/mol. The second-order valence-electron chi connectivity index (χ2n) is 5.79. The van der Waals surface area contributed by atoms with Crippen molar-refractivity contribution in [3.63, 3.8) is 0 Å². The molecule has 25 heavy (non-hydrogen) atoms. The van der Waals surface area contributed by atoms with Crippen molar-refractivity contribution in [3.8, 4) is 22.6 Å². The molecule has 0 atom stereocenters. The molecule has 0 heterocycles. The van der Waals surface area contributed by atoms with Gasteiger partial charge in [-0.25, -0.2) is 0 Å². The van der Waals surface area contributed by atoms with Crippen molar-refractivity contribution in [2.24, 2.45) is 0 Å². The van der Waals surface area contributed by atoms with Crippen molar-refractivity contribution in [3.05, 3.63) is 60.2 Å². The quantitative estimate of drug-likeness (QED) is 0.438. The van der Waals surface area contributed by atoms with E-state index in [9.17, 15) is 9.90 Å². The smallest absolute Gasteiger partial charge is 0.188 e. The maximum absolute atomic E-state index is 11.8. The van der Waals surface area contributed by atoms with E-state index in [4.69, 9.17) is 9.47 Å². The van der Waals surface area contributed by atoms with Gasteiger partial charge in [0.1, 0.15) is 11.5 Å². The second kappa shape index (κ2) is 6.07. The van der Waals surface area contributed by atoms with E-state index in [-0.39, 0.29) is 12.5 Å². The van der Waals surface area contributed by atoms with Crippen molar-refractivity contribution in [1.82, 2.24) is 0 Å². The summed E-state index contributed by atoms with van der Waals surface area (Å²) in [5.41, 5.74) is 2.10. The fraction of sp³-hybridized carbons (Fsp3) is 0.0952. The Balaban J connectivity index is 2.28. The average molecular weight is 332 g/mol. The van der Waals surface area contributed by atoms with E-state index < -0.39 is 0 Å². The minimum Gasteiger partial charge on any atom is -0.507 e. The first-order valence-corrected chi connectivity index (χ1v) is 7.93. The Hall–Kier alpha value is -3.11. The molecule has 0 amide bonds. The minimum absolute atomic E-state index is 0.0753. The lowest BCUT2D eigenvalue weighted by Crippen LogP contribution is -2.00. The number of aldehydes is 1. The van der Waals surface area contributed by atoms with Crippen molar-refractivity contribution >= 4 is 27.8 Å². The zero-order valence-corrected chi connectivity index (χ0v) is 13.7. The number of benzene rings is 2. The predicted octanol–water partition coefficient (Wildman–Crippen LogP) is 4.60. The second-order valence-corrected chi connectivity index (χ2v) is 5.79. The molecule has 2 aliphatic rings.